The summed E-state index contributed by atoms with van der Waals surface area (Å²) in [7, 11) is 0. The molecule has 0 fully saturated rings. The van der Waals surface area contributed by atoms with Crippen LogP contribution in [0.3, 0.4) is 0 Å². The zero-order valence-corrected chi connectivity index (χ0v) is 6.20. The molecule has 1 heterocycles. The summed E-state index contributed by atoms with van der Waals surface area (Å²) in [5, 5.41) is 17.2. The number of aliphatic hydroxyl groups excluding tert-OH is 2. The lowest BCUT2D eigenvalue weighted by Crippen LogP contribution is -1.94. The maximum atomic E-state index is 8.65. The summed E-state index contributed by atoms with van der Waals surface area (Å²) in [6, 6.07) is 3.61. The largest absolute Gasteiger partial charge is 0.396 e. The van der Waals surface area contributed by atoms with Crippen molar-refractivity contribution in [2.75, 3.05) is 6.61 Å². The molecule has 0 aromatic carbocycles. The average Bonchev–Trinajstić information content (AvgIpc) is 2.07. The first kappa shape index (κ1) is 8.17. The molecule has 0 bridgehead atoms. The van der Waals surface area contributed by atoms with Gasteiger partial charge in [-0.3, -0.25) is 4.98 Å². The Balaban J connectivity index is 2.66. The number of aromatic nitrogens is 1. The lowest BCUT2D eigenvalue weighted by molar-refractivity contribution is 0.276. The summed E-state index contributed by atoms with van der Waals surface area (Å²) in [6.07, 6.45) is 2.29. The average molecular weight is 153 g/mol. The van der Waals surface area contributed by atoms with Gasteiger partial charge in [-0.2, -0.15) is 0 Å². The molecule has 0 atom stereocenters. The van der Waals surface area contributed by atoms with Gasteiger partial charge < -0.3 is 10.2 Å². The first-order chi connectivity index (χ1) is 5.36. The minimum Gasteiger partial charge on any atom is -0.396 e. The van der Waals surface area contributed by atoms with E-state index in [4.69, 9.17) is 10.2 Å². The van der Waals surface area contributed by atoms with Crippen LogP contribution in [-0.2, 0) is 13.0 Å². The van der Waals surface area contributed by atoms with E-state index in [0.717, 1.165) is 5.56 Å². The second-order valence-electron chi connectivity index (χ2n) is 2.29. The van der Waals surface area contributed by atoms with Gasteiger partial charge in [-0.05, 0) is 18.1 Å². The maximum absolute atomic E-state index is 8.65. The van der Waals surface area contributed by atoms with E-state index in [1.54, 1.807) is 12.3 Å². The van der Waals surface area contributed by atoms with Gasteiger partial charge in [-0.15, -0.1) is 0 Å². The molecule has 0 aliphatic carbocycles. The second kappa shape index (κ2) is 4.05. The van der Waals surface area contributed by atoms with E-state index in [2.05, 4.69) is 4.98 Å². The smallest absolute Gasteiger partial charge is 0.0852 e. The Morgan fingerprint density at radius 2 is 2.09 bits per heavy atom. The molecule has 11 heavy (non-hydrogen) atoms. The van der Waals surface area contributed by atoms with Gasteiger partial charge in [0, 0.05) is 12.8 Å². The predicted molar refractivity (Wildman–Crippen MR) is 40.9 cm³/mol. The molecule has 1 aromatic heterocycles. The van der Waals surface area contributed by atoms with Gasteiger partial charge in [0.25, 0.3) is 0 Å². The van der Waals surface area contributed by atoms with E-state index in [9.17, 15) is 0 Å². The summed E-state index contributed by atoms with van der Waals surface area (Å²) in [5.41, 5.74) is 1.65. The highest BCUT2D eigenvalue weighted by atomic mass is 16.3. The topological polar surface area (TPSA) is 53.4 Å². The number of pyridine rings is 1. The third-order valence-electron chi connectivity index (χ3n) is 1.45. The number of aliphatic hydroxyl groups is 2. The van der Waals surface area contributed by atoms with Gasteiger partial charge in [0.1, 0.15) is 0 Å². The van der Waals surface area contributed by atoms with Crippen molar-refractivity contribution in [3.63, 3.8) is 0 Å². The molecule has 3 nitrogen and oxygen atoms in total. The van der Waals surface area contributed by atoms with Gasteiger partial charge in [0.2, 0.25) is 0 Å². The quantitative estimate of drug-likeness (QED) is 0.648. The number of rotatable bonds is 3. The third-order valence-corrected chi connectivity index (χ3v) is 1.45. The zero-order chi connectivity index (χ0) is 8.10. The molecular formula is C8H11NO2. The fraction of sp³-hybridized carbons (Fsp3) is 0.375. The minimum absolute atomic E-state index is 0.0284. The summed E-state index contributed by atoms with van der Waals surface area (Å²) in [5.74, 6) is 0. The van der Waals surface area contributed by atoms with Gasteiger partial charge in [-0.25, -0.2) is 0 Å². The highest BCUT2D eigenvalue weighted by molar-refractivity contribution is 5.13. The Hall–Kier alpha value is -0.930. The molecule has 0 aliphatic rings. The summed E-state index contributed by atoms with van der Waals surface area (Å²) in [4.78, 5) is 3.95. The lowest BCUT2D eigenvalue weighted by Gasteiger charge is -1.97. The van der Waals surface area contributed by atoms with Crippen LogP contribution in [0.4, 0.5) is 0 Å². The number of hydrogen-bond donors (Lipinski definition) is 2. The molecule has 1 rings (SSSR count). The van der Waals surface area contributed by atoms with Crippen LogP contribution >= 0.6 is 0 Å². The standard InChI is InChI=1S/C8H11NO2/c10-4-3-7-1-2-8(6-11)9-5-7/h1-2,5,10-11H,3-4,6H2. The number of hydrogen-bond acceptors (Lipinski definition) is 3. The third kappa shape index (κ3) is 2.29. The van der Waals surface area contributed by atoms with Crippen molar-refractivity contribution in [3.8, 4) is 0 Å². The maximum Gasteiger partial charge on any atom is 0.0852 e. The molecule has 3 heteroatoms. The van der Waals surface area contributed by atoms with Crippen LogP contribution in [0, 0.1) is 0 Å². The first-order valence-electron chi connectivity index (χ1n) is 3.52. The van der Waals surface area contributed by atoms with E-state index in [-0.39, 0.29) is 13.2 Å². The molecule has 60 valence electrons. The summed E-state index contributed by atoms with van der Waals surface area (Å²) >= 11 is 0. The predicted octanol–water partition coefficient (Wildman–Crippen LogP) is 0.109. The summed E-state index contributed by atoms with van der Waals surface area (Å²) in [6.45, 7) is 0.111. The van der Waals surface area contributed by atoms with E-state index in [1.165, 1.54) is 0 Å². The molecule has 0 radical (unpaired) electrons. The van der Waals surface area contributed by atoms with Crippen LogP contribution < -0.4 is 0 Å². The van der Waals surface area contributed by atoms with Crippen LogP contribution in [0.1, 0.15) is 11.3 Å². The minimum atomic E-state index is -0.0284. The van der Waals surface area contributed by atoms with Crippen LogP contribution in [0.25, 0.3) is 0 Å². The van der Waals surface area contributed by atoms with E-state index < -0.39 is 0 Å². The van der Waals surface area contributed by atoms with Crippen LogP contribution in [0.2, 0.25) is 0 Å². The Kier molecular flexibility index (Phi) is 3.01. The molecule has 0 saturated carbocycles. The van der Waals surface area contributed by atoms with Crippen LogP contribution in [0.5, 0.6) is 0 Å². The lowest BCUT2D eigenvalue weighted by atomic mass is 10.2. The molecular weight excluding hydrogens is 142 g/mol. The van der Waals surface area contributed by atoms with Gasteiger partial charge in [-0.1, -0.05) is 6.07 Å². The van der Waals surface area contributed by atoms with Crippen molar-refractivity contribution in [1.82, 2.24) is 4.98 Å². The molecule has 0 saturated heterocycles. The SMILES string of the molecule is OCCc1ccc(CO)nc1. The van der Waals surface area contributed by atoms with E-state index in [0.29, 0.717) is 12.1 Å². The van der Waals surface area contributed by atoms with Gasteiger partial charge in [0.15, 0.2) is 0 Å². The second-order valence-corrected chi connectivity index (χ2v) is 2.29. The molecule has 0 spiro atoms. The summed E-state index contributed by atoms with van der Waals surface area (Å²) < 4.78 is 0. The molecule has 0 amide bonds. The van der Waals surface area contributed by atoms with E-state index in [1.807, 2.05) is 6.07 Å². The molecule has 1 aromatic rings. The van der Waals surface area contributed by atoms with Crippen molar-refractivity contribution in [2.24, 2.45) is 0 Å². The van der Waals surface area contributed by atoms with Crippen molar-refractivity contribution in [2.45, 2.75) is 13.0 Å². The first-order valence-corrected chi connectivity index (χ1v) is 3.52. The Labute approximate surface area is 65.3 Å². The normalized spacial score (nSPS) is 10.0. The fourth-order valence-corrected chi connectivity index (χ4v) is 0.826. The van der Waals surface area contributed by atoms with Crippen LogP contribution in [0.15, 0.2) is 18.3 Å². The Morgan fingerprint density at radius 1 is 1.27 bits per heavy atom. The van der Waals surface area contributed by atoms with E-state index >= 15 is 0 Å². The monoisotopic (exact) mass is 153 g/mol. The zero-order valence-electron chi connectivity index (χ0n) is 6.20. The molecule has 0 aliphatic heterocycles. The van der Waals surface area contributed by atoms with Gasteiger partial charge in [0.05, 0.1) is 12.3 Å². The van der Waals surface area contributed by atoms with Crippen molar-refractivity contribution in [1.29, 1.82) is 0 Å². The van der Waals surface area contributed by atoms with Crippen molar-refractivity contribution < 1.29 is 10.2 Å². The molecule has 2 N–H and O–H groups in total. The van der Waals surface area contributed by atoms with Gasteiger partial charge >= 0.3 is 0 Å². The Morgan fingerprint density at radius 3 is 2.55 bits per heavy atom. The highest BCUT2D eigenvalue weighted by Gasteiger charge is 1.92. The van der Waals surface area contributed by atoms with Crippen molar-refractivity contribution in [3.05, 3.63) is 29.6 Å². The molecule has 0 unspecified atom stereocenters. The van der Waals surface area contributed by atoms with Crippen molar-refractivity contribution >= 4 is 0 Å². The Bertz CT molecular complexity index is 208. The highest BCUT2D eigenvalue weighted by Crippen LogP contribution is 2.00. The number of nitrogens with zero attached hydrogens (tertiary/aromatic N) is 1. The van der Waals surface area contributed by atoms with Crippen LogP contribution in [-0.4, -0.2) is 21.8 Å². The fourth-order valence-electron chi connectivity index (χ4n) is 0.826.